The second-order valence-corrected chi connectivity index (χ2v) is 8.74. The molecule has 1 aliphatic rings. The number of anilines is 2. The number of benzene rings is 1. The van der Waals surface area contributed by atoms with E-state index >= 15 is 0 Å². The smallest absolute Gasteiger partial charge is 0.396 e. The van der Waals surface area contributed by atoms with Gasteiger partial charge in [-0.15, -0.1) is 11.3 Å². The van der Waals surface area contributed by atoms with Crippen LogP contribution in [0.1, 0.15) is 12.8 Å². The number of aliphatic hydroxyl groups excluding tert-OH is 2. The van der Waals surface area contributed by atoms with Crippen LogP contribution in [0.3, 0.4) is 0 Å². The lowest BCUT2D eigenvalue weighted by Gasteiger charge is -2.20. The fourth-order valence-corrected chi connectivity index (χ4v) is 4.89. The number of alkyl halides is 3. The van der Waals surface area contributed by atoms with Crippen LogP contribution in [0.25, 0.3) is 20.8 Å². The van der Waals surface area contributed by atoms with Gasteiger partial charge in [-0.05, 0) is 30.9 Å². The number of rotatable bonds is 6. The maximum Gasteiger partial charge on any atom is 0.405 e. The summed E-state index contributed by atoms with van der Waals surface area (Å²) in [5, 5.41) is 25.4. The summed E-state index contributed by atoms with van der Waals surface area (Å²) in [6, 6.07) is 6.99. The summed E-state index contributed by atoms with van der Waals surface area (Å²) in [5.41, 5.74) is 1.09. The van der Waals surface area contributed by atoms with E-state index in [4.69, 9.17) is 11.6 Å². The van der Waals surface area contributed by atoms with E-state index in [1.165, 1.54) is 11.3 Å². The molecular weight excluding hydrogens is 455 g/mol. The van der Waals surface area contributed by atoms with Crippen LogP contribution in [-0.2, 0) is 0 Å². The Balaban J connectivity index is 1.73. The molecule has 1 fully saturated rings. The van der Waals surface area contributed by atoms with E-state index in [2.05, 4.69) is 25.6 Å². The highest BCUT2D eigenvalue weighted by Gasteiger charge is 2.34. The van der Waals surface area contributed by atoms with E-state index in [-0.39, 0.29) is 29.4 Å². The molecule has 4 N–H and O–H groups in total. The quantitative estimate of drug-likeness (QED) is 0.402. The second-order valence-electron chi connectivity index (χ2n) is 7.36. The predicted octanol–water partition coefficient (Wildman–Crippen LogP) is 3.92. The molecule has 1 aliphatic carbocycles. The normalized spacial score (nSPS) is 21.5. The molecule has 2 aromatic heterocycles. The fourth-order valence-electron chi connectivity index (χ4n) is 3.56. The Morgan fingerprint density at radius 2 is 1.94 bits per heavy atom. The minimum Gasteiger partial charge on any atom is -0.396 e. The van der Waals surface area contributed by atoms with Gasteiger partial charge < -0.3 is 20.8 Å². The molecule has 1 saturated carbocycles. The van der Waals surface area contributed by atoms with Crippen molar-refractivity contribution in [2.24, 2.45) is 5.92 Å². The monoisotopic (exact) mass is 473 g/mol. The van der Waals surface area contributed by atoms with Crippen molar-refractivity contribution in [1.29, 1.82) is 0 Å². The molecule has 31 heavy (non-hydrogen) atoms. The number of halogens is 4. The van der Waals surface area contributed by atoms with Crippen molar-refractivity contribution in [3.05, 3.63) is 29.4 Å². The van der Waals surface area contributed by atoms with Gasteiger partial charge in [0.15, 0.2) is 0 Å². The third-order valence-electron chi connectivity index (χ3n) is 5.03. The van der Waals surface area contributed by atoms with Crippen molar-refractivity contribution in [3.63, 3.8) is 0 Å². The summed E-state index contributed by atoms with van der Waals surface area (Å²) in [4.78, 5) is 12.7. The Morgan fingerprint density at radius 3 is 2.61 bits per heavy atom. The van der Waals surface area contributed by atoms with Crippen molar-refractivity contribution >= 4 is 44.9 Å². The Morgan fingerprint density at radius 1 is 1.16 bits per heavy atom. The third-order valence-corrected chi connectivity index (χ3v) is 6.35. The SMILES string of the molecule is OC[C@@H]1C[C@@H](O)[C@H](Nc2nc(NCC(F)(F)F)nc(Cl)c2-c2nc3ccccc3s2)C1. The summed E-state index contributed by atoms with van der Waals surface area (Å²) in [5.74, 6) is -0.203. The van der Waals surface area contributed by atoms with E-state index < -0.39 is 24.9 Å². The van der Waals surface area contributed by atoms with Crippen LogP contribution in [0.15, 0.2) is 24.3 Å². The molecule has 2 heterocycles. The van der Waals surface area contributed by atoms with E-state index in [1.54, 1.807) is 0 Å². The van der Waals surface area contributed by atoms with E-state index in [0.29, 0.717) is 23.4 Å². The first kappa shape index (κ1) is 22.0. The van der Waals surface area contributed by atoms with Gasteiger partial charge in [0.1, 0.15) is 22.5 Å². The number of fused-ring (bicyclic) bond motifs is 1. The Labute approximate surface area is 184 Å². The molecular formula is C19H19ClF3N5O2S. The van der Waals surface area contributed by atoms with Crippen LogP contribution in [-0.4, -0.2) is 56.6 Å². The highest BCUT2D eigenvalue weighted by Crippen LogP contribution is 2.40. The Hall–Kier alpha value is -2.21. The summed E-state index contributed by atoms with van der Waals surface area (Å²) in [6.07, 6.45) is -4.32. The molecule has 7 nitrogen and oxygen atoms in total. The van der Waals surface area contributed by atoms with Crippen molar-refractivity contribution in [2.45, 2.75) is 31.2 Å². The fraction of sp³-hybridized carbons (Fsp3) is 0.421. The lowest BCUT2D eigenvalue weighted by atomic mass is 10.1. The van der Waals surface area contributed by atoms with Gasteiger partial charge in [0.2, 0.25) is 5.95 Å². The first-order chi connectivity index (χ1) is 14.7. The average Bonchev–Trinajstić information content (AvgIpc) is 3.28. The number of hydrogen-bond donors (Lipinski definition) is 4. The molecule has 3 atom stereocenters. The van der Waals surface area contributed by atoms with E-state index in [1.807, 2.05) is 24.3 Å². The zero-order valence-electron chi connectivity index (χ0n) is 16.0. The molecule has 3 aromatic rings. The standard InChI is InChI=1S/C19H19ClF3N5O2S/c20-15-14(17-26-10-3-1-2-4-13(10)31-17)16(25-11-5-9(7-29)6-12(11)30)28-18(27-15)24-8-19(21,22)23/h1-4,9,11-12,29-30H,5-8H2,(H2,24,25,27,28)/t9-,11+,12+/m0/s1. The van der Waals surface area contributed by atoms with Crippen LogP contribution in [0.4, 0.5) is 24.9 Å². The summed E-state index contributed by atoms with van der Waals surface area (Å²) in [7, 11) is 0. The Bertz CT molecular complexity index is 1050. The highest BCUT2D eigenvalue weighted by molar-refractivity contribution is 7.21. The van der Waals surface area contributed by atoms with Crippen molar-refractivity contribution in [2.75, 3.05) is 23.8 Å². The van der Waals surface area contributed by atoms with Crippen LogP contribution < -0.4 is 10.6 Å². The summed E-state index contributed by atoms with van der Waals surface area (Å²) in [6.45, 7) is -1.38. The van der Waals surface area contributed by atoms with Crippen molar-refractivity contribution in [1.82, 2.24) is 15.0 Å². The lowest BCUT2D eigenvalue weighted by molar-refractivity contribution is -0.115. The molecule has 166 valence electrons. The van der Waals surface area contributed by atoms with Gasteiger partial charge in [-0.2, -0.15) is 18.2 Å². The number of thiazole rings is 1. The lowest BCUT2D eigenvalue weighted by Crippen LogP contribution is -2.29. The summed E-state index contributed by atoms with van der Waals surface area (Å²) >= 11 is 7.72. The number of nitrogens with zero attached hydrogens (tertiary/aromatic N) is 3. The molecule has 12 heteroatoms. The topological polar surface area (TPSA) is 103 Å². The first-order valence-corrected chi connectivity index (χ1v) is 10.7. The van der Waals surface area contributed by atoms with Gasteiger partial charge in [0.25, 0.3) is 0 Å². The van der Waals surface area contributed by atoms with Crippen molar-refractivity contribution in [3.8, 4) is 10.6 Å². The molecule has 0 unspecified atom stereocenters. The number of aliphatic hydroxyl groups is 2. The maximum absolute atomic E-state index is 12.6. The first-order valence-electron chi connectivity index (χ1n) is 9.53. The van der Waals surface area contributed by atoms with Gasteiger partial charge >= 0.3 is 6.18 Å². The minimum atomic E-state index is -4.45. The molecule has 0 aliphatic heterocycles. The minimum absolute atomic E-state index is 0.0626. The number of para-hydroxylation sites is 1. The number of nitrogens with one attached hydrogen (secondary N) is 2. The van der Waals surface area contributed by atoms with Crippen molar-refractivity contribution < 1.29 is 23.4 Å². The van der Waals surface area contributed by atoms with Gasteiger partial charge in [-0.1, -0.05) is 23.7 Å². The number of aromatic nitrogens is 3. The summed E-state index contributed by atoms with van der Waals surface area (Å²) < 4.78 is 38.8. The average molecular weight is 474 g/mol. The van der Waals surface area contributed by atoms with Crippen LogP contribution in [0.5, 0.6) is 0 Å². The highest BCUT2D eigenvalue weighted by atomic mass is 35.5. The van der Waals surface area contributed by atoms with Gasteiger partial charge in [0.05, 0.1) is 27.9 Å². The van der Waals surface area contributed by atoms with Crippen LogP contribution in [0.2, 0.25) is 5.15 Å². The van der Waals surface area contributed by atoms with Gasteiger partial charge in [0, 0.05) is 6.61 Å². The molecule has 0 bridgehead atoms. The molecule has 4 rings (SSSR count). The van der Waals surface area contributed by atoms with Crippen LogP contribution >= 0.6 is 22.9 Å². The second kappa shape index (κ2) is 8.73. The molecule has 0 radical (unpaired) electrons. The largest absolute Gasteiger partial charge is 0.405 e. The van der Waals surface area contributed by atoms with Gasteiger partial charge in [-0.3, -0.25) is 0 Å². The van der Waals surface area contributed by atoms with E-state index in [9.17, 15) is 23.4 Å². The predicted molar refractivity (Wildman–Crippen MR) is 113 cm³/mol. The zero-order chi connectivity index (χ0) is 22.2. The van der Waals surface area contributed by atoms with Gasteiger partial charge in [-0.25, -0.2) is 9.97 Å². The molecule has 0 saturated heterocycles. The molecule has 0 amide bonds. The molecule has 1 aromatic carbocycles. The molecule has 0 spiro atoms. The Kier molecular flexibility index (Phi) is 6.20. The zero-order valence-corrected chi connectivity index (χ0v) is 17.6. The number of hydrogen-bond acceptors (Lipinski definition) is 8. The maximum atomic E-state index is 12.6. The van der Waals surface area contributed by atoms with Crippen LogP contribution in [0, 0.1) is 5.92 Å². The third kappa shape index (κ3) is 5.00. The van der Waals surface area contributed by atoms with E-state index in [0.717, 1.165) is 10.2 Å².